The first kappa shape index (κ1) is 18.3. The van der Waals surface area contributed by atoms with Gasteiger partial charge >= 0.3 is 0 Å². The average Bonchev–Trinajstić information content (AvgIpc) is 2.60. The SMILES string of the molecule is Cc1cccc(Nc2cc(C)nc([C@H]3CCCCN3C(=O)C(C)C)n2)n1. The Balaban J connectivity index is 1.89. The molecule has 3 heterocycles. The van der Waals surface area contributed by atoms with Crippen molar-refractivity contribution in [2.24, 2.45) is 5.92 Å². The van der Waals surface area contributed by atoms with E-state index in [1.807, 2.05) is 56.9 Å². The molecule has 0 saturated carbocycles. The van der Waals surface area contributed by atoms with Gasteiger partial charge in [0.1, 0.15) is 11.6 Å². The first-order valence-corrected chi connectivity index (χ1v) is 9.31. The van der Waals surface area contributed by atoms with E-state index >= 15 is 0 Å². The first-order chi connectivity index (χ1) is 12.4. The number of amides is 1. The summed E-state index contributed by atoms with van der Waals surface area (Å²) in [6.07, 6.45) is 3.04. The molecule has 0 aromatic carbocycles. The van der Waals surface area contributed by atoms with Crippen LogP contribution in [0.1, 0.15) is 56.4 Å². The summed E-state index contributed by atoms with van der Waals surface area (Å²) >= 11 is 0. The van der Waals surface area contributed by atoms with Crippen molar-refractivity contribution in [2.75, 3.05) is 11.9 Å². The number of nitrogens with one attached hydrogen (secondary N) is 1. The monoisotopic (exact) mass is 353 g/mol. The summed E-state index contributed by atoms with van der Waals surface area (Å²) in [4.78, 5) is 28.4. The lowest BCUT2D eigenvalue weighted by molar-refractivity contribution is -0.138. The summed E-state index contributed by atoms with van der Waals surface area (Å²) in [6.45, 7) is 8.58. The minimum Gasteiger partial charge on any atom is -0.332 e. The Hall–Kier alpha value is -2.50. The summed E-state index contributed by atoms with van der Waals surface area (Å²) in [5.74, 6) is 2.35. The van der Waals surface area contributed by atoms with Crippen LogP contribution in [0.25, 0.3) is 0 Å². The zero-order chi connectivity index (χ0) is 18.7. The van der Waals surface area contributed by atoms with E-state index in [1.54, 1.807) is 0 Å². The molecule has 1 aliphatic heterocycles. The largest absolute Gasteiger partial charge is 0.332 e. The Labute approximate surface area is 155 Å². The fourth-order valence-corrected chi connectivity index (χ4v) is 3.34. The highest BCUT2D eigenvalue weighted by Gasteiger charge is 2.31. The second-order valence-electron chi connectivity index (χ2n) is 7.24. The molecule has 0 bridgehead atoms. The van der Waals surface area contributed by atoms with Crippen molar-refractivity contribution in [3.8, 4) is 0 Å². The fraction of sp³-hybridized carbons (Fsp3) is 0.500. The van der Waals surface area contributed by atoms with Crippen LogP contribution in [-0.2, 0) is 4.79 Å². The molecule has 1 atom stereocenters. The Morgan fingerprint density at radius 3 is 2.65 bits per heavy atom. The molecule has 1 N–H and O–H groups in total. The zero-order valence-electron chi connectivity index (χ0n) is 16.0. The van der Waals surface area contributed by atoms with Crippen molar-refractivity contribution in [3.05, 3.63) is 41.5 Å². The molecule has 2 aromatic heterocycles. The van der Waals surface area contributed by atoms with Gasteiger partial charge in [-0.25, -0.2) is 15.0 Å². The van der Waals surface area contributed by atoms with Crippen LogP contribution in [0.4, 0.5) is 11.6 Å². The molecule has 6 nitrogen and oxygen atoms in total. The van der Waals surface area contributed by atoms with E-state index in [9.17, 15) is 4.79 Å². The number of aryl methyl sites for hydroxylation is 2. The van der Waals surface area contributed by atoms with Crippen LogP contribution in [-0.4, -0.2) is 32.3 Å². The van der Waals surface area contributed by atoms with E-state index in [1.165, 1.54) is 0 Å². The summed E-state index contributed by atoms with van der Waals surface area (Å²) < 4.78 is 0. The molecule has 0 spiro atoms. The number of pyridine rings is 1. The van der Waals surface area contributed by atoms with Crippen LogP contribution >= 0.6 is 0 Å². The van der Waals surface area contributed by atoms with Gasteiger partial charge in [0, 0.05) is 29.9 Å². The van der Waals surface area contributed by atoms with Crippen LogP contribution < -0.4 is 5.32 Å². The van der Waals surface area contributed by atoms with Gasteiger partial charge in [-0.1, -0.05) is 19.9 Å². The van der Waals surface area contributed by atoms with Gasteiger partial charge < -0.3 is 10.2 Å². The third-order valence-electron chi connectivity index (χ3n) is 4.59. The average molecular weight is 353 g/mol. The maximum absolute atomic E-state index is 12.6. The maximum atomic E-state index is 12.6. The number of piperidine rings is 1. The number of likely N-dealkylation sites (tertiary alicyclic amines) is 1. The number of carbonyl (C=O) groups is 1. The van der Waals surface area contributed by atoms with Gasteiger partial charge in [-0.05, 0) is 45.2 Å². The van der Waals surface area contributed by atoms with Crippen LogP contribution in [0.2, 0.25) is 0 Å². The van der Waals surface area contributed by atoms with Gasteiger partial charge in [-0.3, -0.25) is 4.79 Å². The molecule has 138 valence electrons. The molecule has 2 aromatic rings. The Kier molecular flexibility index (Phi) is 5.49. The van der Waals surface area contributed by atoms with Crippen LogP contribution in [0, 0.1) is 19.8 Å². The number of rotatable bonds is 4. The van der Waals surface area contributed by atoms with Crippen molar-refractivity contribution in [1.82, 2.24) is 19.9 Å². The lowest BCUT2D eigenvalue weighted by Gasteiger charge is -2.36. The van der Waals surface area contributed by atoms with Crippen molar-refractivity contribution in [1.29, 1.82) is 0 Å². The normalized spacial score (nSPS) is 17.4. The summed E-state index contributed by atoms with van der Waals surface area (Å²) in [5, 5.41) is 3.27. The molecule has 1 fully saturated rings. The second-order valence-corrected chi connectivity index (χ2v) is 7.24. The van der Waals surface area contributed by atoms with Gasteiger partial charge in [-0.2, -0.15) is 0 Å². The van der Waals surface area contributed by atoms with Gasteiger partial charge in [0.25, 0.3) is 0 Å². The number of hydrogen-bond acceptors (Lipinski definition) is 5. The number of aromatic nitrogens is 3. The van der Waals surface area contributed by atoms with E-state index in [2.05, 4.69) is 15.3 Å². The Morgan fingerprint density at radius 2 is 1.92 bits per heavy atom. The van der Waals surface area contributed by atoms with Crippen LogP contribution in [0.15, 0.2) is 24.3 Å². The first-order valence-electron chi connectivity index (χ1n) is 9.31. The van der Waals surface area contributed by atoms with Gasteiger partial charge in [-0.15, -0.1) is 0 Å². The summed E-state index contributed by atoms with van der Waals surface area (Å²) in [5.41, 5.74) is 1.83. The topological polar surface area (TPSA) is 71.0 Å². The Bertz CT molecular complexity index is 790. The van der Waals surface area contributed by atoms with Crippen molar-refractivity contribution >= 4 is 17.5 Å². The van der Waals surface area contributed by atoms with Crippen LogP contribution in [0.3, 0.4) is 0 Å². The third kappa shape index (κ3) is 4.18. The molecule has 6 heteroatoms. The molecule has 1 saturated heterocycles. The van der Waals surface area contributed by atoms with Crippen LogP contribution in [0.5, 0.6) is 0 Å². The van der Waals surface area contributed by atoms with Crippen molar-refractivity contribution < 1.29 is 4.79 Å². The quantitative estimate of drug-likeness (QED) is 0.901. The number of anilines is 2. The summed E-state index contributed by atoms with van der Waals surface area (Å²) in [6, 6.07) is 7.69. The highest BCUT2D eigenvalue weighted by molar-refractivity contribution is 5.78. The standard InChI is InChI=1S/C20H27N5O/c1-13(2)20(26)25-11-6-5-9-16(25)19-22-15(4)12-18(24-19)23-17-10-7-8-14(3)21-17/h7-8,10,12-13,16H,5-6,9,11H2,1-4H3,(H,21,22,23,24)/t16-/m1/s1. The second kappa shape index (κ2) is 7.81. The minimum atomic E-state index is -0.0513. The number of carbonyl (C=O) groups excluding carboxylic acids is 1. The number of nitrogens with zero attached hydrogens (tertiary/aromatic N) is 4. The van der Waals surface area contributed by atoms with E-state index in [-0.39, 0.29) is 17.9 Å². The molecule has 26 heavy (non-hydrogen) atoms. The molecule has 3 rings (SSSR count). The van der Waals surface area contributed by atoms with Crippen molar-refractivity contribution in [2.45, 2.75) is 53.0 Å². The fourth-order valence-electron chi connectivity index (χ4n) is 3.34. The van der Waals surface area contributed by atoms with E-state index in [4.69, 9.17) is 4.98 Å². The third-order valence-corrected chi connectivity index (χ3v) is 4.59. The zero-order valence-corrected chi connectivity index (χ0v) is 16.0. The predicted molar refractivity (Wildman–Crippen MR) is 102 cm³/mol. The highest BCUT2D eigenvalue weighted by atomic mass is 16.2. The summed E-state index contributed by atoms with van der Waals surface area (Å²) in [7, 11) is 0. The van der Waals surface area contributed by atoms with Gasteiger partial charge in [0.2, 0.25) is 5.91 Å². The lowest BCUT2D eigenvalue weighted by atomic mass is 9.99. The molecule has 0 radical (unpaired) electrons. The highest BCUT2D eigenvalue weighted by Crippen LogP contribution is 2.31. The lowest BCUT2D eigenvalue weighted by Crippen LogP contribution is -2.41. The molecule has 1 amide bonds. The minimum absolute atomic E-state index is 0.0190. The number of hydrogen-bond donors (Lipinski definition) is 1. The molecule has 0 aliphatic carbocycles. The Morgan fingerprint density at radius 1 is 1.12 bits per heavy atom. The maximum Gasteiger partial charge on any atom is 0.225 e. The smallest absolute Gasteiger partial charge is 0.225 e. The van der Waals surface area contributed by atoms with Gasteiger partial charge in [0.05, 0.1) is 6.04 Å². The molecule has 1 aliphatic rings. The van der Waals surface area contributed by atoms with E-state index < -0.39 is 0 Å². The molecule has 0 unspecified atom stereocenters. The van der Waals surface area contributed by atoms with E-state index in [0.29, 0.717) is 11.6 Å². The molecular weight excluding hydrogens is 326 g/mol. The van der Waals surface area contributed by atoms with E-state index in [0.717, 1.165) is 43.0 Å². The van der Waals surface area contributed by atoms with Gasteiger partial charge in [0.15, 0.2) is 5.82 Å². The molecular formula is C20H27N5O. The predicted octanol–water partition coefficient (Wildman–Crippen LogP) is 3.94. The van der Waals surface area contributed by atoms with Crippen molar-refractivity contribution in [3.63, 3.8) is 0 Å².